The number of quaternary nitrogens is 1. The van der Waals surface area contributed by atoms with Gasteiger partial charge >= 0.3 is 0 Å². The summed E-state index contributed by atoms with van der Waals surface area (Å²) in [5, 5.41) is 0. The van der Waals surface area contributed by atoms with Crippen molar-refractivity contribution in [2.24, 2.45) is 5.41 Å². The second kappa shape index (κ2) is 7.37. The van der Waals surface area contributed by atoms with Crippen LogP contribution in [0, 0.1) is 5.41 Å². The zero-order chi connectivity index (χ0) is 13.8. The van der Waals surface area contributed by atoms with Crippen LogP contribution < -0.4 is 17.0 Å². The third kappa shape index (κ3) is 4.71. The molecule has 3 heteroatoms. The molecule has 1 fully saturated rings. The molecule has 20 heavy (non-hydrogen) atoms. The molecule has 0 radical (unpaired) electrons. The smallest absolute Gasteiger partial charge is 0.131 e. The highest BCUT2D eigenvalue weighted by molar-refractivity contribution is 5.59. The normalized spacial score (nSPS) is 18.1. The van der Waals surface area contributed by atoms with Crippen molar-refractivity contribution in [3.8, 4) is 0 Å². The molecule has 2 rings (SSSR count). The summed E-state index contributed by atoms with van der Waals surface area (Å²) >= 11 is 0. The van der Waals surface area contributed by atoms with Crippen LogP contribution in [0.15, 0.2) is 30.3 Å². The molecule has 0 aromatic heterocycles. The first-order chi connectivity index (χ1) is 9.05. The van der Waals surface area contributed by atoms with Crippen molar-refractivity contribution in [2.45, 2.75) is 38.6 Å². The van der Waals surface area contributed by atoms with E-state index in [-0.39, 0.29) is 22.4 Å². The molecule has 0 atom stereocenters. The quantitative estimate of drug-likeness (QED) is 0.561. The Morgan fingerprint density at radius 3 is 2.25 bits per heavy atom. The molecular formula is C17H26BrNO. The van der Waals surface area contributed by atoms with Gasteiger partial charge in [0.25, 0.3) is 0 Å². The van der Waals surface area contributed by atoms with Crippen molar-refractivity contribution < 1.29 is 26.3 Å². The van der Waals surface area contributed by atoms with Crippen LogP contribution >= 0.6 is 0 Å². The third-order valence-corrected chi connectivity index (χ3v) is 4.30. The van der Waals surface area contributed by atoms with E-state index in [1.165, 1.54) is 31.1 Å². The lowest BCUT2D eigenvalue weighted by molar-refractivity contribution is -0.909. The number of aldehydes is 1. The van der Waals surface area contributed by atoms with Gasteiger partial charge in [-0.05, 0) is 12.8 Å². The number of hydrogen-bond acceptors (Lipinski definition) is 1. The summed E-state index contributed by atoms with van der Waals surface area (Å²) in [6.45, 7) is 1.96. The second-order valence-corrected chi connectivity index (χ2v) is 6.78. The first kappa shape index (κ1) is 17.4. The van der Waals surface area contributed by atoms with E-state index in [0.29, 0.717) is 0 Å². The van der Waals surface area contributed by atoms with Gasteiger partial charge in [0, 0.05) is 5.56 Å². The Kier molecular flexibility index (Phi) is 6.41. The molecule has 0 heterocycles. The fraction of sp³-hybridized carbons (Fsp3) is 0.588. The van der Waals surface area contributed by atoms with Crippen molar-refractivity contribution >= 4 is 6.29 Å². The summed E-state index contributed by atoms with van der Waals surface area (Å²) in [6, 6.07) is 10.6. The molecular weight excluding hydrogens is 314 g/mol. The average molecular weight is 340 g/mol. The summed E-state index contributed by atoms with van der Waals surface area (Å²) < 4.78 is 0.892. The van der Waals surface area contributed by atoms with Crippen LogP contribution in [0.25, 0.3) is 0 Å². The van der Waals surface area contributed by atoms with Crippen molar-refractivity contribution in [3.63, 3.8) is 0 Å². The lowest BCUT2D eigenvalue weighted by atomic mass is 9.74. The predicted octanol–water partition coefficient (Wildman–Crippen LogP) is 0.416. The highest BCUT2D eigenvalue weighted by atomic mass is 79.9. The zero-order valence-corrected chi connectivity index (χ0v) is 14.2. The van der Waals surface area contributed by atoms with Gasteiger partial charge in [0.05, 0.1) is 26.1 Å². The summed E-state index contributed by atoms with van der Waals surface area (Å²) in [5.74, 6) is 0. The monoisotopic (exact) mass is 339 g/mol. The van der Waals surface area contributed by atoms with E-state index >= 15 is 0 Å². The molecule has 1 aliphatic rings. The third-order valence-electron chi connectivity index (χ3n) is 4.30. The Morgan fingerprint density at radius 1 is 1.10 bits per heavy atom. The SMILES string of the molecule is C[N+](C)(Cc1ccccc1)CC1(C=O)CCCCC1.[Br-]. The Bertz CT molecular complexity index is 410. The molecule has 1 aliphatic carbocycles. The van der Waals surface area contributed by atoms with Crippen LogP contribution in [0.2, 0.25) is 0 Å². The molecule has 0 N–H and O–H groups in total. The number of rotatable bonds is 5. The van der Waals surface area contributed by atoms with Crippen molar-refractivity contribution in [3.05, 3.63) is 35.9 Å². The maximum absolute atomic E-state index is 11.6. The molecule has 112 valence electrons. The molecule has 0 saturated heterocycles. The molecule has 0 bridgehead atoms. The molecule has 1 aromatic carbocycles. The van der Waals surface area contributed by atoms with Crippen LogP contribution in [0.3, 0.4) is 0 Å². The average Bonchev–Trinajstić information content (AvgIpc) is 2.40. The first-order valence-corrected chi connectivity index (χ1v) is 7.38. The fourth-order valence-electron chi connectivity index (χ4n) is 3.56. The van der Waals surface area contributed by atoms with Crippen LogP contribution in [0.4, 0.5) is 0 Å². The molecule has 1 aromatic rings. The van der Waals surface area contributed by atoms with Gasteiger partial charge in [-0.15, -0.1) is 0 Å². The van der Waals surface area contributed by atoms with E-state index in [4.69, 9.17) is 0 Å². The van der Waals surface area contributed by atoms with Crippen molar-refractivity contribution in [1.82, 2.24) is 0 Å². The van der Waals surface area contributed by atoms with Gasteiger partial charge in [0.2, 0.25) is 0 Å². The van der Waals surface area contributed by atoms with Gasteiger partial charge in [0.1, 0.15) is 12.8 Å². The van der Waals surface area contributed by atoms with Crippen molar-refractivity contribution in [2.75, 3.05) is 20.6 Å². The Hall–Kier alpha value is -0.670. The Morgan fingerprint density at radius 2 is 1.70 bits per heavy atom. The largest absolute Gasteiger partial charge is 1.00 e. The summed E-state index contributed by atoms with van der Waals surface area (Å²) in [4.78, 5) is 11.6. The van der Waals surface area contributed by atoms with Crippen LogP contribution in [0.5, 0.6) is 0 Å². The summed E-state index contributed by atoms with van der Waals surface area (Å²) in [7, 11) is 4.49. The van der Waals surface area contributed by atoms with Gasteiger partial charge in [-0.1, -0.05) is 49.6 Å². The van der Waals surface area contributed by atoms with E-state index in [9.17, 15) is 4.79 Å². The standard InChI is InChI=1S/C17H26NO.BrH/c1-18(2,13-16-9-5-3-6-10-16)14-17(15-19)11-7-4-8-12-17;/h3,5-6,9-10,15H,4,7-8,11-14H2,1-2H3;1H/q+1;/p-1. The van der Waals surface area contributed by atoms with Gasteiger partial charge in [-0.2, -0.15) is 0 Å². The van der Waals surface area contributed by atoms with Crippen molar-refractivity contribution in [1.29, 1.82) is 0 Å². The Labute approximate surface area is 133 Å². The minimum Gasteiger partial charge on any atom is -1.00 e. The van der Waals surface area contributed by atoms with E-state index in [1.54, 1.807) is 0 Å². The number of carbonyl (C=O) groups is 1. The van der Waals surface area contributed by atoms with Crippen LogP contribution in [-0.4, -0.2) is 31.4 Å². The molecule has 0 amide bonds. The lowest BCUT2D eigenvalue weighted by Crippen LogP contribution is -3.00. The number of halogens is 1. The maximum atomic E-state index is 11.6. The summed E-state index contributed by atoms with van der Waals surface area (Å²) in [5.41, 5.74) is 1.28. The zero-order valence-electron chi connectivity index (χ0n) is 12.6. The number of benzene rings is 1. The lowest BCUT2D eigenvalue weighted by Gasteiger charge is -2.40. The Balaban J connectivity index is 0.00000200. The van der Waals surface area contributed by atoms with Crippen LogP contribution in [-0.2, 0) is 11.3 Å². The highest BCUT2D eigenvalue weighted by Gasteiger charge is 2.38. The molecule has 1 saturated carbocycles. The molecule has 0 unspecified atom stereocenters. The number of carbonyl (C=O) groups excluding carboxylic acids is 1. The molecule has 0 spiro atoms. The minimum absolute atomic E-state index is 0. The summed E-state index contributed by atoms with van der Waals surface area (Å²) in [6.07, 6.45) is 7.12. The fourth-order valence-corrected chi connectivity index (χ4v) is 3.56. The number of hydrogen-bond donors (Lipinski definition) is 0. The van der Waals surface area contributed by atoms with Crippen LogP contribution in [0.1, 0.15) is 37.7 Å². The van der Waals surface area contributed by atoms with E-state index in [2.05, 4.69) is 44.4 Å². The maximum Gasteiger partial charge on any atom is 0.131 e. The van der Waals surface area contributed by atoms with E-state index in [0.717, 1.165) is 30.4 Å². The molecule has 0 aliphatic heterocycles. The highest BCUT2D eigenvalue weighted by Crippen LogP contribution is 2.36. The van der Waals surface area contributed by atoms with Gasteiger partial charge < -0.3 is 26.3 Å². The predicted molar refractivity (Wildman–Crippen MR) is 78.7 cm³/mol. The van der Waals surface area contributed by atoms with E-state index < -0.39 is 0 Å². The van der Waals surface area contributed by atoms with Gasteiger partial charge in [0.15, 0.2) is 0 Å². The minimum atomic E-state index is -0.0729. The van der Waals surface area contributed by atoms with Gasteiger partial charge in [-0.3, -0.25) is 0 Å². The topological polar surface area (TPSA) is 17.1 Å². The van der Waals surface area contributed by atoms with Gasteiger partial charge in [-0.25, -0.2) is 0 Å². The first-order valence-electron chi connectivity index (χ1n) is 7.38. The van der Waals surface area contributed by atoms with E-state index in [1.807, 2.05) is 0 Å². The number of nitrogens with zero attached hydrogens (tertiary/aromatic N) is 1. The second-order valence-electron chi connectivity index (χ2n) is 6.78. The molecule has 2 nitrogen and oxygen atoms in total.